The Bertz CT molecular complexity index is 367. The van der Waals surface area contributed by atoms with E-state index >= 15 is 0 Å². The van der Waals surface area contributed by atoms with E-state index in [2.05, 4.69) is 26.1 Å². The number of hydrogen-bond donors (Lipinski definition) is 1. The highest BCUT2D eigenvalue weighted by atomic mass is 16.5. The van der Waals surface area contributed by atoms with Crippen LogP contribution in [-0.4, -0.2) is 12.6 Å². The van der Waals surface area contributed by atoms with Crippen LogP contribution in [0, 0.1) is 11.3 Å². The van der Waals surface area contributed by atoms with Crippen LogP contribution in [0.15, 0.2) is 24.3 Å². The van der Waals surface area contributed by atoms with Crippen LogP contribution < -0.4 is 10.1 Å². The maximum atomic E-state index is 8.41. The highest BCUT2D eigenvalue weighted by molar-refractivity contribution is 5.29. The van der Waals surface area contributed by atoms with E-state index in [9.17, 15) is 0 Å². The van der Waals surface area contributed by atoms with E-state index < -0.39 is 0 Å². The zero-order valence-electron chi connectivity index (χ0n) is 10.7. The van der Waals surface area contributed by atoms with Gasteiger partial charge >= 0.3 is 0 Å². The predicted octanol–water partition coefficient (Wildman–Crippen LogP) is 3.04. The summed E-state index contributed by atoms with van der Waals surface area (Å²) in [6.07, 6.45) is 1.12. The molecule has 0 saturated carbocycles. The third kappa shape index (κ3) is 4.46. The molecular weight excluding hydrogens is 212 g/mol. The van der Waals surface area contributed by atoms with Gasteiger partial charge in [0.05, 0.1) is 0 Å². The van der Waals surface area contributed by atoms with Crippen molar-refractivity contribution in [3.8, 4) is 11.8 Å². The van der Waals surface area contributed by atoms with Crippen molar-refractivity contribution in [2.45, 2.75) is 39.3 Å². The quantitative estimate of drug-likeness (QED) is 0.820. The Labute approximate surface area is 103 Å². The van der Waals surface area contributed by atoms with E-state index in [1.54, 1.807) is 0 Å². The minimum atomic E-state index is 0.0972. The van der Waals surface area contributed by atoms with Crippen LogP contribution >= 0.6 is 0 Å². The Morgan fingerprint density at radius 3 is 2.47 bits per heavy atom. The molecule has 3 heteroatoms. The number of nitrogens with zero attached hydrogens (tertiary/aromatic N) is 1. The second-order valence-corrected chi connectivity index (χ2v) is 4.21. The van der Waals surface area contributed by atoms with Crippen molar-refractivity contribution < 1.29 is 4.74 Å². The smallest absolute Gasteiger partial charge is 0.174 e. The van der Waals surface area contributed by atoms with Gasteiger partial charge in [-0.3, -0.25) is 0 Å². The summed E-state index contributed by atoms with van der Waals surface area (Å²) in [6, 6.07) is 10.7. The van der Waals surface area contributed by atoms with Crippen LogP contribution in [0.25, 0.3) is 0 Å². The molecule has 0 saturated heterocycles. The summed E-state index contributed by atoms with van der Waals surface area (Å²) in [7, 11) is 0. The van der Waals surface area contributed by atoms with Gasteiger partial charge in [0.25, 0.3) is 0 Å². The van der Waals surface area contributed by atoms with Crippen LogP contribution in [0.4, 0.5) is 0 Å². The number of hydrogen-bond acceptors (Lipinski definition) is 3. The van der Waals surface area contributed by atoms with Gasteiger partial charge < -0.3 is 10.1 Å². The number of ether oxygens (including phenoxy) is 1. The minimum absolute atomic E-state index is 0.0972. The highest BCUT2D eigenvalue weighted by Crippen LogP contribution is 2.18. The summed E-state index contributed by atoms with van der Waals surface area (Å²) in [5.41, 5.74) is 1.23. The molecule has 1 N–H and O–H groups in total. The Morgan fingerprint density at radius 1 is 1.29 bits per heavy atom. The van der Waals surface area contributed by atoms with Crippen LogP contribution in [-0.2, 0) is 0 Å². The lowest BCUT2D eigenvalue weighted by Crippen LogP contribution is -2.28. The van der Waals surface area contributed by atoms with Gasteiger partial charge in [0, 0.05) is 12.1 Å². The first-order chi connectivity index (χ1) is 8.17. The second kappa shape index (κ2) is 6.93. The maximum absolute atomic E-state index is 8.41. The Balaban J connectivity index is 2.58. The molecule has 1 aromatic rings. The lowest BCUT2D eigenvalue weighted by Gasteiger charge is -2.19. The van der Waals surface area contributed by atoms with E-state index in [-0.39, 0.29) is 6.61 Å². The first kappa shape index (κ1) is 13.5. The van der Waals surface area contributed by atoms with E-state index in [4.69, 9.17) is 10.00 Å². The van der Waals surface area contributed by atoms with E-state index in [1.807, 2.05) is 30.3 Å². The minimum Gasteiger partial charge on any atom is -0.479 e. The van der Waals surface area contributed by atoms with Crippen molar-refractivity contribution >= 4 is 0 Å². The van der Waals surface area contributed by atoms with Crippen molar-refractivity contribution in [2.75, 3.05) is 6.61 Å². The molecule has 0 aliphatic heterocycles. The van der Waals surface area contributed by atoms with E-state index in [1.165, 1.54) is 5.56 Å². The fourth-order valence-corrected chi connectivity index (χ4v) is 1.61. The Morgan fingerprint density at radius 2 is 1.94 bits per heavy atom. The fourth-order valence-electron chi connectivity index (χ4n) is 1.61. The molecule has 1 aromatic carbocycles. The molecule has 3 nitrogen and oxygen atoms in total. The molecule has 0 aliphatic carbocycles. The zero-order chi connectivity index (χ0) is 12.7. The van der Waals surface area contributed by atoms with Crippen LogP contribution in [0.2, 0.25) is 0 Å². The predicted molar refractivity (Wildman–Crippen MR) is 68.9 cm³/mol. The monoisotopic (exact) mass is 232 g/mol. The molecule has 0 spiro atoms. The fraction of sp³-hybridized carbons (Fsp3) is 0.500. The van der Waals surface area contributed by atoms with E-state index in [0.29, 0.717) is 12.1 Å². The summed E-state index contributed by atoms with van der Waals surface area (Å²) in [4.78, 5) is 0. The van der Waals surface area contributed by atoms with Gasteiger partial charge in [-0.15, -0.1) is 0 Å². The van der Waals surface area contributed by atoms with Gasteiger partial charge in [-0.2, -0.15) is 5.26 Å². The molecule has 92 valence electrons. The molecule has 0 bridgehead atoms. The van der Waals surface area contributed by atoms with Crippen LogP contribution in [0.3, 0.4) is 0 Å². The van der Waals surface area contributed by atoms with Gasteiger partial charge in [0.15, 0.2) is 6.61 Å². The molecule has 17 heavy (non-hydrogen) atoms. The Kier molecular flexibility index (Phi) is 5.51. The molecule has 0 aliphatic rings. The molecule has 0 fully saturated rings. The molecule has 0 amide bonds. The summed E-state index contributed by atoms with van der Waals surface area (Å²) in [5.74, 6) is 0.742. The largest absolute Gasteiger partial charge is 0.479 e. The van der Waals surface area contributed by atoms with Crippen LogP contribution in [0.1, 0.15) is 38.8 Å². The average molecular weight is 232 g/mol. The SMILES string of the molecule is CCC(C)NC(C)c1ccc(OCC#N)cc1. The summed E-state index contributed by atoms with van der Waals surface area (Å²) >= 11 is 0. The summed E-state index contributed by atoms with van der Waals surface area (Å²) in [5, 5.41) is 11.9. The van der Waals surface area contributed by atoms with E-state index in [0.717, 1.165) is 12.2 Å². The third-order valence-corrected chi connectivity index (χ3v) is 2.83. The highest BCUT2D eigenvalue weighted by Gasteiger charge is 2.07. The molecule has 0 heterocycles. The normalized spacial score (nSPS) is 13.8. The Hall–Kier alpha value is -1.53. The van der Waals surface area contributed by atoms with Crippen molar-refractivity contribution in [2.24, 2.45) is 0 Å². The molecule has 2 atom stereocenters. The number of benzene rings is 1. The molecule has 0 radical (unpaired) electrons. The van der Waals surface area contributed by atoms with Crippen LogP contribution in [0.5, 0.6) is 5.75 Å². The molecule has 2 unspecified atom stereocenters. The average Bonchev–Trinajstić information content (AvgIpc) is 2.36. The third-order valence-electron chi connectivity index (χ3n) is 2.83. The molecule has 0 aromatic heterocycles. The number of nitrogens with one attached hydrogen (secondary N) is 1. The lowest BCUT2D eigenvalue weighted by atomic mass is 10.1. The molecular formula is C14H20N2O. The standard InChI is InChI=1S/C14H20N2O/c1-4-11(2)16-12(3)13-5-7-14(8-6-13)17-10-9-15/h5-8,11-12,16H,4,10H2,1-3H3. The number of nitriles is 1. The number of rotatable bonds is 6. The zero-order valence-corrected chi connectivity index (χ0v) is 10.7. The first-order valence-corrected chi connectivity index (χ1v) is 6.03. The maximum Gasteiger partial charge on any atom is 0.174 e. The van der Waals surface area contributed by atoms with Crippen molar-refractivity contribution in [3.05, 3.63) is 29.8 Å². The van der Waals surface area contributed by atoms with Crippen molar-refractivity contribution in [1.82, 2.24) is 5.32 Å². The second-order valence-electron chi connectivity index (χ2n) is 4.21. The summed E-state index contributed by atoms with van der Waals surface area (Å²) < 4.78 is 5.21. The van der Waals surface area contributed by atoms with Gasteiger partial charge in [-0.25, -0.2) is 0 Å². The van der Waals surface area contributed by atoms with Gasteiger partial charge in [0.2, 0.25) is 0 Å². The van der Waals surface area contributed by atoms with Gasteiger partial charge in [0.1, 0.15) is 11.8 Å². The lowest BCUT2D eigenvalue weighted by molar-refractivity contribution is 0.368. The molecule has 1 rings (SSSR count). The first-order valence-electron chi connectivity index (χ1n) is 6.03. The summed E-state index contributed by atoms with van der Waals surface area (Å²) in [6.45, 7) is 6.60. The van der Waals surface area contributed by atoms with Crippen molar-refractivity contribution in [3.63, 3.8) is 0 Å². The van der Waals surface area contributed by atoms with Gasteiger partial charge in [-0.05, 0) is 38.0 Å². The van der Waals surface area contributed by atoms with Gasteiger partial charge in [-0.1, -0.05) is 19.1 Å². The topological polar surface area (TPSA) is 45.0 Å². The van der Waals surface area contributed by atoms with Crippen molar-refractivity contribution in [1.29, 1.82) is 5.26 Å².